The van der Waals surface area contributed by atoms with Gasteiger partial charge in [-0.25, -0.2) is 9.59 Å². The van der Waals surface area contributed by atoms with Crippen molar-refractivity contribution >= 4 is 23.6 Å². The number of halogens is 1. The molecular formula is C20H25ClN2O5. The number of ether oxygens (including phenoxy) is 2. The molecule has 7 nitrogen and oxygen atoms in total. The van der Waals surface area contributed by atoms with Gasteiger partial charge in [-0.15, -0.1) is 0 Å². The van der Waals surface area contributed by atoms with Crippen LogP contribution in [0, 0.1) is 17.8 Å². The fraction of sp³-hybridized carbons (Fsp3) is 0.600. The molecule has 4 atom stereocenters. The number of rotatable bonds is 2. The Morgan fingerprint density at radius 2 is 1.93 bits per heavy atom. The molecule has 0 spiro atoms. The predicted molar refractivity (Wildman–Crippen MR) is 103 cm³/mol. The standard InChI is InChI=1S/C20H25ClN2O5/c1-10-16-14(18(24)25)6-13(21)7-15(16)28-20(2,27-10)17-11-4-5-12(17)9-23(8-11)19(26)22-3/h6-7,10-12,17H,4-5,8-9H2,1-3H3,(H,22,26)(H,24,25). The first kappa shape index (κ1) is 19.3. The lowest BCUT2D eigenvalue weighted by molar-refractivity contribution is -0.262. The number of carboxylic acid groups (broad SMARTS) is 1. The highest BCUT2D eigenvalue weighted by Gasteiger charge is 2.56. The Morgan fingerprint density at radius 3 is 2.50 bits per heavy atom. The fourth-order valence-electron chi connectivity index (χ4n) is 5.48. The number of benzene rings is 1. The first-order valence-corrected chi connectivity index (χ1v) is 10.0. The molecule has 152 valence electrons. The monoisotopic (exact) mass is 408 g/mol. The van der Waals surface area contributed by atoms with Crippen LogP contribution < -0.4 is 10.1 Å². The molecule has 2 heterocycles. The van der Waals surface area contributed by atoms with E-state index in [1.165, 1.54) is 6.07 Å². The van der Waals surface area contributed by atoms with E-state index in [9.17, 15) is 14.7 Å². The summed E-state index contributed by atoms with van der Waals surface area (Å²) in [6.45, 7) is 5.11. The molecule has 2 bridgehead atoms. The van der Waals surface area contributed by atoms with Crippen LogP contribution in [0.3, 0.4) is 0 Å². The van der Waals surface area contributed by atoms with Gasteiger partial charge in [-0.3, -0.25) is 0 Å². The van der Waals surface area contributed by atoms with E-state index >= 15 is 0 Å². The highest BCUT2D eigenvalue weighted by atomic mass is 35.5. The molecule has 1 saturated heterocycles. The van der Waals surface area contributed by atoms with Gasteiger partial charge in [0.1, 0.15) is 5.75 Å². The molecule has 4 rings (SSSR count). The van der Waals surface area contributed by atoms with Crippen molar-refractivity contribution in [3.8, 4) is 5.75 Å². The van der Waals surface area contributed by atoms with Gasteiger partial charge in [0.2, 0.25) is 5.79 Å². The molecule has 8 heteroatoms. The van der Waals surface area contributed by atoms with E-state index in [4.69, 9.17) is 21.1 Å². The lowest BCUT2D eigenvalue weighted by Crippen LogP contribution is -2.57. The van der Waals surface area contributed by atoms with Crippen molar-refractivity contribution in [2.45, 2.75) is 38.6 Å². The third kappa shape index (κ3) is 3.01. The van der Waals surface area contributed by atoms with Gasteiger partial charge in [-0.05, 0) is 43.7 Å². The second-order valence-corrected chi connectivity index (χ2v) is 8.57. The van der Waals surface area contributed by atoms with Crippen molar-refractivity contribution in [2.24, 2.45) is 17.8 Å². The van der Waals surface area contributed by atoms with Crippen LogP contribution in [0.1, 0.15) is 48.7 Å². The number of carbonyl (C=O) groups is 2. The van der Waals surface area contributed by atoms with Gasteiger partial charge in [-0.1, -0.05) is 11.6 Å². The molecule has 2 aliphatic heterocycles. The van der Waals surface area contributed by atoms with E-state index in [-0.39, 0.29) is 29.3 Å². The maximum Gasteiger partial charge on any atom is 0.336 e. The number of fused-ring (bicyclic) bond motifs is 3. The van der Waals surface area contributed by atoms with Gasteiger partial charge in [-0.2, -0.15) is 0 Å². The number of amides is 2. The molecule has 2 amide bonds. The largest absolute Gasteiger partial charge is 0.478 e. The minimum atomic E-state index is -1.06. The summed E-state index contributed by atoms with van der Waals surface area (Å²) >= 11 is 6.16. The zero-order valence-electron chi connectivity index (χ0n) is 16.2. The van der Waals surface area contributed by atoms with Crippen molar-refractivity contribution in [1.29, 1.82) is 0 Å². The number of carbonyl (C=O) groups excluding carboxylic acids is 1. The molecule has 1 aromatic carbocycles. The van der Waals surface area contributed by atoms with E-state index < -0.39 is 17.9 Å². The molecule has 1 aliphatic carbocycles. The Kier molecular flexibility index (Phi) is 4.70. The molecule has 2 fully saturated rings. The van der Waals surface area contributed by atoms with Gasteiger partial charge in [0.25, 0.3) is 0 Å². The van der Waals surface area contributed by atoms with Crippen molar-refractivity contribution in [2.75, 3.05) is 20.1 Å². The minimum Gasteiger partial charge on any atom is -0.478 e. The third-order valence-electron chi connectivity index (χ3n) is 6.41. The number of piperidine rings is 1. The number of likely N-dealkylation sites (tertiary alicyclic amines) is 1. The summed E-state index contributed by atoms with van der Waals surface area (Å²) < 4.78 is 12.6. The number of hydrogen-bond acceptors (Lipinski definition) is 4. The molecule has 4 unspecified atom stereocenters. The molecule has 2 N–H and O–H groups in total. The Balaban J connectivity index is 1.66. The van der Waals surface area contributed by atoms with E-state index in [2.05, 4.69) is 5.32 Å². The van der Waals surface area contributed by atoms with Crippen LogP contribution >= 0.6 is 11.6 Å². The summed E-state index contributed by atoms with van der Waals surface area (Å²) in [5.41, 5.74) is 0.624. The van der Waals surface area contributed by atoms with Crippen LogP contribution in [-0.4, -0.2) is 47.9 Å². The maximum atomic E-state index is 12.1. The van der Waals surface area contributed by atoms with Crippen LogP contribution in [0.25, 0.3) is 0 Å². The zero-order chi connectivity index (χ0) is 20.2. The van der Waals surface area contributed by atoms with E-state index in [0.717, 1.165) is 12.8 Å². The van der Waals surface area contributed by atoms with Gasteiger partial charge in [0.15, 0.2) is 0 Å². The number of nitrogens with zero attached hydrogens (tertiary/aromatic N) is 1. The second kappa shape index (κ2) is 6.81. The highest BCUT2D eigenvalue weighted by molar-refractivity contribution is 6.31. The van der Waals surface area contributed by atoms with Gasteiger partial charge in [0.05, 0.1) is 11.7 Å². The highest BCUT2D eigenvalue weighted by Crippen LogP contribution is 2.53. The Hall–Kier alpha value is -1.99. The average Bonchev–Trinajstić information content (AvgIpc) is 2.91. The molecule has 1 saturated carbocycles. The van der Waals surface area contributed by atoms with Crippen LogP contribution in [0.2, 0.25) is 5.02 Å². The summed E-state index contributed by atoms with van der Waals surface area (Å²) in [7, 11) is 1.65. The number of aromatic carboxylic acids is 1. The third-order valence-corrected chi connectivity index (χ3v) is 6.63. The summed E-state index contributed by atoms with van der Waals surface area (Å²) in [5, 5.41) is 12.6. The first-order valence-electron chi connectivity index (χ1n) is 9.63. The summed E-state index contributed by atoms with van der Waals surface area (Å²) in [6, 6.07) is 3.05. The fourth-order valence-corrected chi connectivity index (χ4v) is 5.68. The van der Waals surface area contributed by atoms with Crippen molar-refractivity contribution in [1.82, 2.24) is 10.2 Å². The molecule has 0 radical (unpaired) electrons. The summed E-state index contributed by atoms with van der Waals surface area (Å²) in [6.07, 6.45) is 1.60. The van der Waals surface area contributed by atoms with Gasteiger partial charge >= 0.3 is 12.0 Å². The lowest BCUT2D eigenvalue weighted by Gasteiger charge is -2.49. The predicted octanol–water partition coefficient (Wildman–Crippen LogP) is 3.52. The second-order valence-electron chi connectivity index (χ2n) is 8.13. The van der Waals surface area contributed by atoms with Gasteiger partial charge < -0.3 is 24.8 Å². The Labute approximate surface area is 168 Å². The minimum absolute atomic E-state index is 0.0532. The van der Waals surface area contributed by atoms with E-state index in [0.29, 0.717) is 29.4 Å². The van der Waals surface area contributed by atoms with E-state index in [1.807, 2.05) is 18.7 Å². The first-order chi connectivity index (χ1) is 13.2. The van der Waals surface area contributed by atoms with Crippen molar-refractivity contribution in [3.63, 3.8) is 0 Å². The van der Waals surface area contributed by atoms with Crippen molar-refractivity contribution < 1.29 is 24.2 Å². The van der Waals surface area contributed by atoms with Crippen LogP contribution in [0.15, 0.2) is 12.1 Å². The molecule has 0 aromatic heterocycles. The molecule has 3 aliphatic rings. The summed E-state index contributed by atoms with van der Waals surface area (Å²) in [4.78, 5) is 25.6. The Morgan fingerprint density at radius 1 is 1.29 bits per heavy atom. The normalized spacial score (nSPS) is 33.8. The van der Waals surface area contributed by atoms with Crippen LogP contribution in [0.5, 0.6) is 5.75 Å². The lowest BCUT2D eigenvalue weighted by atomic mass is 9.78. The smallest absolute Gasteiger partial charge is 0.336 e. The number of hydrogen-bond donors (Lipinski definition) is 2. The topological polar surface area (TPSA) is 88.1 Å². The number of carboxylic acids is 1. The quantitative estimate of drug-likeness (QED) is 0.781. The van der Waals surface area contributed by atoms with Crippen molar-refractivity contribution in [3.05, 3.63) is 28.3 Å². The van der Waals surface area contributed by atoms with Gasteiger partial charge in [0, 0.05) is 43.6 Å². The Bertz CT molecular complexity index is 817. The molecule has 28 heavy (non-hydrogen) atoms. The number of urea groups is 1. The zero-order valence-corrected chi connectivity index (χ0v) is 17.0. The van der Waals surface area contributed by atoms with E-state index in [1.54, 1.807) is 13.1 Å². The average molecular weight is 409 g/mol. The van der Waals surface area contributed by atoms with Crippen LogP contribution in [0.4, 0.5) is 4.79 Å². The summed E-state index contributed by atoms with van der Waals surface area (Å²) in [5.74, 6) is -0.815. The molecule has 1 aromatic rings. The number of nitrogens with one attached hydrogen (secondary N) is 1. The SMILES string of the molecule is CNC(=O)N1CC2CCC(C1)C2C1(C)Oc2cc(Cl)cc(C(=O)O)c2C(C)O1. The van der Waals surface area contributed by atoms with Crippen LogP contribution in [-0.2, 0) is 4.74 Å². The molecular weight excluding hydrogens is 384 g/mol. The maximum absolute atomic E-state index is 12.1.